The van der Waals surface area contributed by atoms with Crippen molar-refractivity contribution in [2.24, 2.45) is 0 Å². The standard InChI is InChI=1S/C21H19IN6O2/c22-17-4-2-1-3-16(17)20(29)26-15-5-6-19(25-13-15)27-9-11-28(12-10-27)21(30)18-14-23-7-8-24-18/h1-8,13-14H,9-12H2,(H,26,29). The fourth-order valence-corrected chi connectivity index (χ4v) is 3.83. The first kappa shape index (κ1) is 20.2. The summed E-state index contributed by atoms with van der Waals surface area (Å²) in [7, 11) is 0. The predicted molar refractivity (Wildman–Crippen MR) is 121 cm³/mol. The molecule has 8 nitrogen and oxygen atoms in total. The summed E-state index contributed by atoms with van der Waals surface area (Å²) in [6, 6.07) is 11.1. The van der Waals surface area contributed by atoms with Crippen LogP contribution >= 0.6 is 22.6 Å². The molecule has 0 radical (unpaired) electrons. The van der Waals surface area contributed by atoms with E-state index in [1.807, 2.05) is 30.3 Å². The van der Waals surface area contributed by atoms with Gasteiger partial charge < -0.3 is 15.1 Å². The van der Waals surface area contributed by atoms with Crippen molar-refractivity contribution in [2.45, 2.75) is 0 Å². The molecule has 0 atom stereocenters. The van der Waals surface area contributed by atoms with Gasteiger partial charge in [-0.15, -0.1) is 0 Å². The van der Waals surface area contributed by atoms with Gasteiger partial charge in [0.25, 0.3) is 11.8 Å². The number of hydrogen-bond donors (Lipinski definition) is 1. The Morgan fingerprint density at radius 2 is 1.73 bits per heavy atom. The molecule has 1 aromatic carbocycles. The van der Waals surface area contributed by atoms with Crippen LogP contribution in [0.15, 0.2) is 61.2 Å². The number of halogens is 1. The van der Waals surface area contributed by atoms with E-state index in [1.165, 1.54) is 12.4 Å². The Kier molecular flexibility index (Phi) is 6.17. The van der Waals surface area contributed by atoms with Gasteiger partial charge in [-0.25, -0.2) is 9.97 Å². The summed E-state index contributed by atoms with van der Waals surface area (Å²) < 4.78 is 0.895. The zero-order valence-corrected chi connectivity index (χ0v) is 18.2. The third-order valence-corrected chi connectivity index (χ3v) is 5.74. The highest BCUT2D eigenvalue weighted by molar-refractivity contribution is 14.1. The molecule has 1 saturated heterocycles. The van der Waals surface area contributed by atoms with E-state index in [4.69, 9.17) is 0 Å². The molecule has 152 valence electrons. The minimum absolute atomic E-state index is 0.107. The lowest BCUT2D eigenvalue weighted by Gasteiger charge is -2.35. The van der Waals surface area contributed by atoms with Crippen molar-refractivity contribution < 1.29 is 9.59 Å². The monoisotopic (exact) mass is 514 g/mol. The SMILES string of the molecule is O=C(Nc1ccc(N2CCN(C(=O)c3cnccn3)CC2)nc1)c1ccccc1I. The molecule has 2 amide bonds. The molecule has 1 N–H and O–H groups in total. The fourth-order valence-electron chi connectivity index (χ4n) is 3.20. The molecule has 3 heterocycles. The molecular weight excluding hydrogens is 495 g/mol. The highest BCUT2D eigenvalue weighted by Crippen LogP contribution is 2.18. The summed E-state index contributed by atoms with van der Waals surface area (Å²) in [4.78, 5) is 41.3. The molecule has 0 saturated carbocycles. The lowest BCUT2D eigenvalue weighted by molar-refractivity contribution is 0.0740. The summed E-state index contributed by atoms with van der Waals surface area (Å²) in [5.41, 5.74) is 1.63. The Hall–Kier alpha value is -3.08. The van der Waals surface area contributed by atoms with E-state index in [-0.39, 0.29) is 11.8 Å². The van der Waals surface area contributed by atoms with Crippen LogP contribution in [0.2, 0.25) is 0 Å². The normalized spacial score (nSPS) is 13.8. The van der Waals surface area contributed by atoms with Gasteiger partial charge in [-0.05, 0) is 46.9 Å². The number of carbonyl (C=O) groups is 2. The summed E-state index contributed by atoms with van der Waals surface area (Å²) in [6.07, 6.45) is 6.21. The van der Waals surface area contributed by atoms with E-state index < -0.39 is 0 Å². The third-order valence-electron chi connectivity index (χ3n) is 4.80. The average molecular weight is 514 g/mol. The largest absolute Gasteiger partial charge is 0.353 e. The molecule has 2 aromatic heterocycles. The van der Waals surface area contributed by atoms with E-state index in [2.05, 4.69) is 47.8 Å². The van der Waals surface area contributed by atoms with Crippen LogP contribution in [0.4, 0.5) is 11.5 Å². The van der Waals surface area contributed by atoms with E-state index in [0.717, 1.165) is 9.39 Å². The van der Waals surface area contributed by atoms with Crippen LogP contribution in [-0.2, 0) is 0 Å². The van der Waals surface area contributed by atoms with Gasteiger partial charge in [0.1, 0.15) is 11.5 Å². The lowest BCUT2D eigenvalue weighted by atomic mass is 10.2. The summed E-state index contributed by atoms with van der Waals surface area (Å²) in [5.74, 6) is 0.545. The maximum absolute atomic E-state index is 12.5. The highest BCUT2D eigenvalue weighted by atomic mass is 127. The number of pyridine rings is 1. The van der Waals surface area contributed by atoms with Crippen molar-refractivity contribution in [3.63, 3.8) is 0 Å². The number of nitrogens with zero attached hydrogens (tertiary/aromatic N) is 5. The first-order valence-corrected chi connectivity index (χ1v) is 10.5. The number of rotatable bonds is 4. The molecule has 0 bridgehead atoms. The Morgan fingerprint density at radius 1 is 0.933 bits per heavy atom. The smallest absolute Gasteiger partial charge is 0.274 e. The van der Waals surface area contributed by atoms with Gasteiger partial charge in [0, 0.05) is 42.1 Å². The van der Waals surface area contributed by atoms with Gasteiger partial charge in [-0.3, -0.25) is 14.6 Å². The van der Waals surface area contributed by atoms with Gasteiger partial charge in [-0.1, -0.05) is 12.1 Å². The number of carbonyl (C=O) groups excluding carboxylic acids is 2. The van der Waals surface area contributed by atoms with Crippen LogP contribution in [0.1, 0.15) is 20.8 Å². The number of anilines is 2. The summed E-state index contributed by atoms with van der Waals surface area (Å²) >= 11 is 2.14. The van der Waals surface area contributed by atoms with E-state index in [0.29, 0.717) is 43.1 Å². The number of aromatic nitrogens is 3. The molecule has 1 aliphatic heterocycles. The number of piperazine rings is 1. The molecule has 3 aromatic rings. The van der Waals surface area contributed by atoms with Crippen molar-refractivity contribution in [2.75, 3.05) is 36.4 Å². The first-order chi connectivity index (χ1) is 14.6. The van der Waals surface area contributed by atoms with Gasteiger partial charge >= 0.3 is 0 Å². The van der Waals surface area contributed by atoms with E-state index in [1.54, 1.807) is 23.4 Å². The molecule has 9 heteroatoms. The Bertz CT molecular complexity index is 1040. The zero-order chi connectivity index (χ0) is 20.9. The molecule has 30 heavy (non-hydrogen) atoms. The van der Waals surface area contributed by atoms with Crippen LogP contribution in [0, 0.1) is 3.57 Å². The van der Waals surface area contributed by atoms with Gasteiger partial charge in [-0.2, -0.15) is 0 Å². The summed E-state index contributed by atoms with van der Waals surface area (Å²) in [6.45, 7) is 2.52. The van der Waals surface area contributed by atoms with E-state index in [9.17, 15) is 9.59 Å². The van der Waals surface area contributed by atoms with Crippen molar-refractivity contribution >= 4 is 45.9 Å². The number of amides is 2. The second kappa shape index (κ2) is 9.16. The minimum atomic E-state index is -0.161. The molecule has 0 aliphatic carbocycles. The van der Waals surface area contributed by atoms with Gasteiger partial charge in [0.05, 0.1) is 23.6 Å². The average Bonchev–Trinajstić information content (AvgIpc) is 2.80. The van der Waals surface area contributed by atoms with Crippen LogP contribution in [0.5, 0.6) is 0 Å². The molecule has 1 aliphatic rings. The lowest BCUT2D eigenvalue weighted by Crippen LogP contribution is -2.49. The Morgan fingerprint density at radius 3 is 2.40 bits per heavy atom. The van der Waals surface area contributed by atoms with Crippen molar-refractivity contribution in [3.05, 3.63) is 76.0 Å². The minimum Gasteiger partial charge on any atom is -0.353 e. The number of hydrogen-bond acceptors (Lipinski definition) is 6. The quantitative estimate of drug-likeness (QED) is 0.539. The molecule has 0 spiro atoms. The van der Waals surface area contributed by atoms with Crippen molar-refractivity contribution in [3.8, 4) is 0 Å². The zero-order valence-electron chi connectivity index (χ0n) is 16.0. The molecule has 0 unspecified atom stereocenters. The Labute approximate surface area is 187 Å². The van der Waals surface area contributed by atoms with Crippen LogP contribution in [0.3, 0.4) is 0 Å². The van der Waals surface area contributed by atoms with Crippen molar-refractivity contribution in [1.29, 1.82) is 0 Å². The van der Waals surface area contributed by atoms with Crippen LogP contribution < -0.4 is 10.2 Å². The first-order valence-electron chi connectivity index (χ1n) is 9.44. The third kappa shape index (κ3) is 4.56. The van der Waals surface area contributed by atoms with Gasteiger partial charge in [0.2, 0.25) is 0 Å². The molecule has 4 rings (SSSR count). The number of benzene rings is 1. The van der Waals surface area contributed by atoms with Crippen molar-refractivity contribution in [1.82, 2.24) is 19.9 Å². The second-order valence-corrected chi connectivity index (χ2v) is 7.87. The molecular formula is C21H19IN6O2. The van der Waals surface area contributed by atoms with E-state index >= 15 is 0 Å². The van der Waals surface area contributed by atoms with Crippen LogP contribution in [-0.4, -0.2) is 57.8 Å². The van der Waals surface area contributed by atoms with Gasteiger partial charge in [0.15, 0.2) is 0 Å². The topological polar surface area (TPSA) is 91.3 Å². The number of nitrogens with one attached hydrogen (secondary N) is 1. The predicted octanol–water partition coefficient (Wildman–Crippen LogP) is 2.69. The highest BCUT2D eigenvalue weighted by Gasteiger charge is 2.23. The van der Waals surface area contributed by atoms with Crippen LogP contribution in [0.25, 0.3) is 0 Å². The fraction of sp³-hybridized carbons (Fsp3) is 0.190. The Balaban J connectivity index is 1.34. The second-order valence-electron chi connectivity index (χ2n) is 6.71. The summed E-state index contributed by atoms with van der Waals surface area (Å²) in [5, 5.41) is 2.88. The molecule has 1 fully saturated rings. The maximum Gasteiger partial charge on any atom is 0.274 e. The maximum atomic E-state index is 12.5.